The summed E-state index contributed by atoms with van der Waals surface area (Å²) in [6.07, 6.45) is 0.408. The molecule has 0 aliphatic heterocycles. The summed E-state index contributed by atoms with van der Waals surface area (Å²) < 4.78 is 26.2. The van der Waals surface area contributed by atoms with Crippen molar-refractivity contribution in [2.75, 3.05) is 13.2 Å². The summed E-state index contributed by atoms with van der Waals surface area (Å²) in [5.74, 6) is -2.68. The second-order valence-electron chi connectivity index (χ2n) is 4.42. The van der Waals surface area contributed by atoms with E-state index in [0.29, 0.717) is 13.0 Å². The first-order chi connectivity index (χ1) is 8.88. The molecule has 0 saturated heterocycles. The quantitative estimate of drug-likeness (QED) is 0.848. The number of hydrogen-bond donors (Lipinski definition) is 1. The van der Waals surface area contributed by atoms with E-state index in [0.717, 1.165) is 12.1 Å². The van der Waals surface area contributed by atoms with Crippen LogP contribution in [0.15, 0.2) is 12.1 Å². The first kappa shape index (κ1) is 15.9. The van der Waals surface area contributed by atoms with Gasteiger partial charge in [0.1, 0.15) is 0 Å². The molecule has 1 amide bonds. The van der Waals surface area contributed by atoms with Gasteiger partial charge in [-0.1, -0.05) is 11.6 Å². The number of amides is 1. The summed E-state index contributed by atoms with van der Waals surface area (Å²) in [7, 11) is 0. The Labute approximate surface area is 115 Å². The van der Waals surface area contributed by atoms with Gasteiger partial charge in [-0.15, -0.1) is 0 Å². The van der Waals surface area contributed by atoms with Crippen LogP contribution in [-0.4, -0.2) is 35.1 Å². The van der Waals surface area contributed by atoms with E-state index in [-0.39, 0.29) is 23.2 Å². The predicted octanol–water partition coefficient (Wildman–Crippen LogP) is 2.85. The third-order valence-corrected chi connectivity index (χ3v) is 2.99. The standard InChI is InChI=1S/C13H16ClF2NO2/c1-8(2)17(4-3-5-18)13(19)9-6-11(15)12(16)7-10(9)14/h6-8,18H,3-5H2,1-2H3. The van der Waals surface area contributed by atoms with Gasteiger partial charge in [0.15, 0.2) is 11.6 Å². The Morgan fingerprint density at radius 1 is 1.37 bits per heavy atom. The van der Waals surface area contributed by atoms with Crippen LogP contribution >= 0.6 is 11.6 Å². The van der Waals surface area contributed by atoms with Crippen LogP contribution in [0.5, 0.6) is 0 Å². The predicted molar refractivity (Wildman–Crippen MR) is 69.2 cm³/mol. The lowest BCUT2D eigenvalue weighted by Crippen LogP contribution is -2.38. The zero-order chi connectivity index (χ0) is 14.6. The van der Waals surface area contributed by atoms with Gasteiger partial charge in [-0.3, -0.25) is 4.79 Å². The number of carbonyl (C=O) groups is 1. The van der Waals surface area contributed by atoms with Gasteiger partial charge in [-0.25, -0.2) is 8.78 Å². The Bertz CT molecular complexity index is 466. The van der Waals surface area contributed by atoms with Gasteiger partial charge in [0, 0.05) is 19.2 Å². The maximum Gasteiger partial charge on any atom is 0.255 e. The van der Waals surface area contributed by atoms with Crippen LogP contribution in [-0.2, 0) is 0 Å². The van der Waals surface area contributed by atoms with Crippen molar-refractivity contribution < 1.29 is 18.7 Å². The van der Waals surface area contributed by atoms with Crippen molar-refractivity contribution in [2.24, 2.45) is 0 Å². The molecule has 0 saturated carbocycles. The van der Waals surface area contributed by atoms with Gasteiger partial charge >= 0.3 is 0 Å². The minimum Gasteiger partial charge on any atom is -0.396 e. The molecule has 0 fully saturated rings. The summed E-state index contributed by atoms with van der Waals surface area (Å²) >= 11 is 5.78. The fourth-order valence-corrected chi connectivity index (χ4v) is 1.91. The SMILES string of the molecule is CC(C)N(CCCO)C(=O)c1cc(F)c(F)cc1Cl. The molecule has 0 bridgehead atoms. The summed E-state index contributed by atoms with van der Waals surface area (Å²) in [5.41, 5.74) is -0.0767. The maximum atomic E-state index is 13.2. The molecule has 106 valence electrons. The topological polar surface area (TPSA) is 40.5 Å². The zero-order valence-corrected chi connectivity index (χ0v) is 11.5. The molecule has 0 unspecified atom stereocenters. The Kier molecular flexibility index (Phi) is 5.69. The molecule has 0 aromatic heterocycles. The van der Waals surface area contributed by atoms with Gasteiger partial charge in [0.2, 0.25) is 0 Å². The van der Waals surface area contributed by atoms with Crippen LogP contribution in [0, 0.1) is 11.6 Å². The number of benzene rings is 1. The smallest absolute Gasteiger partial charge is 0.255 e. The van der Waals surface area contributed by atoms with Crippen LogP contribution in [0.2, 0.25) is 5.02 Å². The molecule has 1 rings (SSSR count). The molecule has 0 aliphatic carbocycles. The first-order valence-corrected chi connectivity index (χ1v) is 6.32. The molecule has 0 heterocycles. The monoisotopic (exact) mass is 291 g/mol. The average Bonchev–Trinajstić information content (AvgIpc) is 2.33. The lowest BCUT2D eigenvalue weighted by atomic mass is 10.1. The second-order valence-corrected chi connectivity index (χ2v) is 4.82. The Morgan fingerprint density at radius 3 is 2.47 bits per heavy atom. The number of carbonyl (C=O) groups excluding carboxylic acids is 1. The molecule has 0 radical (unpaired) electrons. The van der Waals surface area contributed by atoms with Gasteiger partial charge in [0.05, 0.1) is 10.6 Å². The molecule has 0 aliphatic rings. The molecular formula is C13H16ClF2NO2. The van der Waals surface area contributed by atoms with Crippen molar-refractivity contribution in [3.8, 4) is 0 Å². The van der Waals surface area contributed by atoms with Crippen LogP contribution in [0.3, 0.4) is 0 Å². The second kappa shape index (κ2) is 6.82. The van der Waals surface area contributed by atoms with E-state index in [4.69, 9.17) is 16.7 Å². The largest absolute Gasteiger partial charge is 0.396 e. The lowest BCUT2D eigenvalue weighted by Gasteiger charge is -2.27. The number of nitrogens with zero attached hydrogens (tertiary/aromatic N) is 1. The minimum atomic E-state index is -1.11. The van der Waals surface area contributed by atoms with Crippen molar-refractivity contribution in [3.05, 3.63) is 34.4 Å². The average molecular weight is 292 g/mol. The van der Waals surface area contributed by atoms with E-state index in [2.05, 4.69) is 0 Å². The Balaban J connectivity index is 3.06. The van der Waals surface area contributed by atoms with Crippen LogP contribution < -0.4 is 0 Å². The number of halogens is 3. The van der Waals surface area contributed by atoms with Crippen molar-refractivity contribution in [1.29, 1.82) is 0 Å². The zero-order valence-electron chi connectivity index (χ0n) is 10.8. The molecule has 6 heteroatoms. The van der Waals surface area contributed by atoms with Crippen molar-refractivity contribution >= 4 is 17.5 Å². The molecule has 1 aromatic carbocycles. The fourth-order valence-electron chi connectivity index (χ4n) is 1.68. The third kappa shape index (κ3) is 3.88. The van der Waals surface area contributed by atoms with E-state index >= 15 is 0 Å². The van der Waals surface area contributed by atoms with Crippen molar-refractivity contribution in [2.45, 2.75) is 26.3 Å². The molecular weight excluding hydrogens is 276 g/mol. The minimum absolute atomic E-state index is 0.0536. The Morgan fingerprint density at radius 2 is 1.95 bits per heavy atom. The molecule has 19 heavy (non-hydrogen) atoms. The van der Waals surface area contributed by atoms with E-state index in [1.54, 1.807) is 13.8 Å². The Hall–Kier alpha value is -1.20. The van der Waals surface area contributed by atoms with E-state index in [1.807, 2.05) is 0 Å². The lowest BCUT2D eigenvalue weighted by molar-refractivity contribution is 0.0692. The normalized spacial score (nSPS) is 10.9. The van der Waals surface area contributed by atoms with Gasteiger partial charge in [-0.2, -0.15) is 0 Å². The summed E-state index contributed by atoms with van der Waals surface area (Å²) in [6, 6.07) is 1.45. The summed E-state index contributed by atoms with van der Waals surface area (Å²) in [4.78, 5) is 13.7. The highest BCUT2D eigenvalue weighted by molar-refractivity contribution is 6.33. The van der Waals surface area contributed by atoms with E-state index < -0.39 is 17.5 Å². The summed E-state index contributed by atoms with van der Waals surface area (Å²) in [6.45, 7) is 3.86. The first-order valence-electron chi connectivity index (χ1n) is 5.94. The third-order valence-electron chi connectivity index (χ3n) is 2.68. The van der Waals surface area contributed by atoms with Gasteiger partial charge < -0.3 is 10.0 Å². The van der Waals surface area contributed by atoms with Crippen molar-refractivity contribution in [1.82, 2.24) is 4.90 Å². The number of aliphatic hydroxyl groups is 1. The molecule has 0 spiro atoms. The van der Waals surface area contributed by atoms with E-state index in [1.165, 1.54) is 4.90 Å². The molecule has 1 N–H and O–H groups in total. The molecule has 1 aromatic rings. The van der Waals surface area contributed by atoms with Crippen LogP contribution in [0.4, 0.5) is 8.78 Å². The van der Waals surface area contributed by atoms with Crippen molar-refractivity contribution in [3.63, 3.8) is 0 Å². The molecule has 0 atom stereocenters. The van der Waals surface area contributed by atoms with E-state index in [9.17, 15) is 13.6 Å². The number of aliphatic hydroxyl groups excluding tert-OH is 1. The van der Waals surface area contributed by atoms with Crippen LogP contribution in [0.1, 0.15) is 30.6 Å². The highest BCUT2D eigenvalue weighted by Gasteiger charge is 2.22. The van der Waals surface area contributed by atoms with Gasteiger partial charge in [-0.05, 0) is 32.4 Å². The maximum absolute atomic E-state index is 13.2. The fraction of sp³-hybridized carbons (Fsp3) is 0.462. The van der Waals surface area contributed by atoms with Gasteiger partial charge in [0.25, 0.3) is 5.91 Å². The highest BCUT2D eigenvalue weighted by Crippen LogP contribution is 2.22. The number of hydrogen-bond acceptors (Lipinski definition) is 2. The summed E-state index contributed by atoms with van der Waals surface area (Å²) in [5, 5.41) is 8.68. The highest BCUT2D eigenvalue weighted by atomic mass is 35.5. The van der Waals surface area contributed by atoms with Crippen LogP contribution in [0.25, 0.3) is 0 Å². The molecule has 3 nitrogen and oxygen atoms in total. The number of rotatable bonds is 5.